The highest BCUT2D eigenvalue weighted by Gasteiger charge is 2.35. The molecule has 7 heteroatoms. The Labute approximate surface area is 207 Å². The number of aryl methyl sites for hydroxylation is 1. The van der Waals surface area contributed by atoms with Gasteiger partial charge in [-0.2, -0.15) is 0 Å². The molecule has 2 rings (SSSR count). The number of hydrogen-bond acceptors (Lipinski definition) is 6. The molecule has 0 heterocycles. The predicted octanol–water partition coefficient (Wildman–Crippen LogP) is 5.62. The molecule has 0 aromatic heterocycles. The summed E-state index contributed by atoms with van der Waals surface area (Å²) in [5, 5.41) is 29.8. The number of rotatable bonds is 15. The molecule has 34 heavy (non-hydrogen) atoms. The summed E-state index contributed by atoms with van der Waals surface area (Å²) in [5.41, 5.74) is 1.32. The molecule has 0 fully saturated rings. The van der Waals surface area contributed by atoms with Crippen LogP contribution in [-0.4, -0.2) is 45.2 Å². The van der Waals surface area contributed by atoms with Crippen LogP contribution in [0.2, 0.25) is 0 Å². The number of benzene rings is 1. The number of aliphatic hydroxyl groups is 2. The zero-order chi connectivity index (χ0) is 24.9. The Morgan fingerprint density at radius 2 is 1.94 bits per heavy atom. The first kappa shape index (κ1) is 28.1. The minimum Gasteiger partial charge on any atom is -0.481 e. The van der Waals surface area contributed by atoms with E-state index >= 15 is 0 Å². The van der Waals surface area contributed by atoms with Crippen LogP contribution >= 0.6 is 11.8 Å². The third kappa shape index (κ3) is 9.28. The fourth-order valence-electron chi connectivity index (χ4n) is 3.92. The molecule has 0 bridgehead atoms. The van der Waals surface area contributed by atoms with Gasteiger partial charge >= 0.3 is 11.9 Å². The van der Waals surface area contributed by atoms with Gasteiger partial charge in [-0.25, -0.2) is 4.79 Å². The number of ether oxygens (including phenoxy) is 1. The molecule has 1 aromatic rings. The lowest BCUT2D eigenvalue weighted by Crippen LogP contribution is -2.14. The number of hydrogen-bond donors (Lipinski definition) is 3. The highest BCUT2D eigenvalue weighted by atomic mass is 32.2. The van der Waals surface area contributed by atoms with E-state index in [1.54, 1.807) is 18.2 Å². The topological polar surface area (TPSA) is 104 Å². The molecule has 0 saturated carbocycles. The molecule has 6 nitrogen and oxygen atoms in total. The Morgan fingerprint density at radius 3 is 2.65 bits per heavy atom. The molecule has 3 N–H and O–H groups in total. The van der Waals surface area contributed by atoms with Crippen LogP contribution in [-0.2, 0) is 9.53 Å². The van der Waals surface area contributed by atoms with Crippen molar-refractivity contribution in [1.82, 2.24) is 0 Å². The highest BCUT2D eigenvalue weighted by molar-refractivity contribution is 8.03. The van der Waals surface area contributed by atoms with Gasteiger partial charge in [0.1, 0.15) is 5.76 Å². The number of esters is 1. The second kappa shape index (κ2) is 15.0. The summed E-state index contributed by atoms with van der Waals surface area (Å²) in [7, 11) is 0. The first-order valence-electron chi connectivity index (χ1n) is 12.2. The van der Waals surface area contributed by atoms with E-state index in [2.05, 4.69) is 6.92 Å². The minimum absolute atomic E-state index is 0.159. The molecule has 3 atom stereocenters. The number of unbranched alkanes of at least 4 members (excludes halogenated alkanes) is 4. The minimum atomic E-state index is -0.789. The highest BCUT2D eigenvalue weighted by Crippen LogP contribution is 2.42. The standard InChI is InChI=1S/C27H38O6S/c1-3-4-6-12-20(28)15-16-22-23(29)18-24(26(22)34-17-10-5-7-14-25(30)31)33-27(32)21-13-9-8-11-19(21)2/h8-9,11,13,15-16,20,22-23,28-29H,3-7,10,12,14,17-18H2,1-2H3,(H,30,31)/t20-,22-,23+/m0/s1. The molecule has 1 aliphatic rings. The van der Waals surface area contributed by atoms with Crippen molar-refractivity contribution in [2.75, 3.05) is 5.75 Å². The summed E-state index contributed by atoms with van der Waals surface area (Å²) in [6, 6.07) is 7.23. The van der Waals surface area contributed by atoms with Gasteiger partial charge in [-0.3, -0.25) is 4.79 Å². The average molecular weight is 491 g/mol. The number of carboxylic acid groups (broad SMARTS) is 1. The van der Waals surface area contributed by atoms with Crippen LogP contribution in [0, 0.1) is 12.8 Å². The van der Waals surface area contributed by atoms with Gasteiger partial charge in [-0.15, -0.1) is 11.8 Å². The summed E-state index contributed by atoms with van der Waals surface area (Å²) >= 11 is 1.54. The van der Waals surface area contributed by atoms with E-state index in [9.17, 15) is 19.8 Å². The summed E-state index contributed by atoms with van der Waals surface area (Å²) in [6.07, 6.45) is 8.70. The monoisotopic (exact) mass is 490 g/mol. The lowest BCUT2D eigenvalue weighted by atomic mass is 10.0. The molecular weight excluding hydrogens is 452 g/mol. The number of thioether (sulfide) groups is 1. The summed E-state index contributed by atoms with van der Waals surface area (Å²) < 4.78 is 5.77. The SMILES string of the molecule is CCCCC[C@H](O)C=C[C@@H]1C(SCCCCCC(=O)O)=C(OC(=O)c2ccccc2C)C[C@H]1O. The normalized spacial score (nSPS) is 19.1. The van der Waals surface area contributed by atoms with Gasteiger partial charge in [0.15, 0.2) is 0 Å². The molecule has 1 aliphatic carbocycles. The van der Waals surface area contributed by atoms with Crippen molar-refractivity contribution in [3.8, 4) is 0 Å². The molecular formula is C27H38O6S. The zero-order valence-corrected chi connectivity index (χ0v) is 21.1. The first-order chi connectivity index (χ1) is 16.3. The number of carbonyl (C=O) groups is 2. The van der Waals surface area contributed by atoms with Crippen molar-refractivity contribution in [1.29, 1.82) is 0 Å². The fraction of sp³-hybridized carbons (Fsp3) is 0.556. The Bertz CT molecular complexity index is 862. The number of aliphatic carboxylic acids is 1. The fourth-order valence-corrected chi connectivity index (χ4v) is 5.20. The second-order valence-electron chi connectivity index (χ2n) is 8.79. The van der Waals surface area contributed by atoms with E-state index in [0.29, 0.717) is 24.2 Å². The smallest absolute Gasteiger partial charge is 0.343 e. The molecule has 0 unspecified atom stereocenters. The molecule has 0 saturated heterocycles. The van der Waals surface area contributed by atoms with Crippen LogP contribution in [0.5, 0.6) is 0 Å². The van der Waals surface area contributed by atoms with Crippen molar-refractivity contribution >= 4 is 23.7 Å². The van der Waals surface area contributed by atoms with Gasteiger partial charge < -0.3 is 20.1 Å². The number of carbonyl (C=O) groups excluding carboxylic acids is 1. The summed E-state index contributed by atoms with van der Waals surface area (Å²) in [5.74, 6) is -0.362. The summed E-state index contributed by atoms with van der Waals surface area (Å²) in [6.45, 7) is 3.97. The van der Waals surface area contributed by atoms with Crippen molar-refractivity contribution in [3.63, 3.8) is 0 Å². The molecule has 188 valence electrons. The Morgan fingerprint density at radius 1 is 1.18 bits per heavy atom. The van der Waals surface area contributed by atoms with E-state index in [1.165, 1.54) is 11.8 Å². The molecule has 1 aromatic carbocycles. The van der Waals surface area contributed by atoms with E-state index in [1.807, 2.05) is 25.1 Å². The summed E-state index contributed by atoms with van der Waals surface area (Å²) in [4.78, 5) is 24.3. The van der Waals surface area contributed by atoms with Crippen LogP contribution in [0.1, 0.15) is 80.6 Å². The largest absolute Gasteiger partial charge is 0.481 e. The van der Waals surface area contributed by atoms with Crippen LogP contribution in [0.25, 0.3) is 0 Å². The maximum atomic E-state index is 12.8. The van der Waals surface area contributed by atoms with Crippen LogP contribution in [0.15, 0.2) is 47.1 Å². The third-order valence-corrected chi connectivity index (χ3v) is 7.21. The first-order valence-corrected chi connectivity index (χ1v) is 13.2. The van der Waals surface area contributed by atoms with Gasteiger partial charge in [0.05, 0.1) is 17.8 Å². The van der Waals surface area contributed by atoms with Crippen molar-refractivity contribution < 1.29 is 29.6 Å². The maximum absolute atomic E-state index is 12.8. The van der Waals surface area contributed by atoms with E-state index in [0.717, 1.165) is 48.3 Å². The van der Waals surface area contributed by atoms with Crippen molar-refractivity contribution in [2.45, 2.75) is 83.8 Å². The zero-order valence-electron chi connectivity index (χ0n) is 20.2. The van der Waals surface area contributed by atoms with Gasteiger partial charge in [0, 0.05) is 23.7 Å². The molecule has 0 spiro atoms. The van der Waals surface area contributed by atoms with E-state index in [-0.39, 0.29) is 18.8 Å². The van der Waals surface area contributed by atoms with Gasteiger partial charge in [-0.05, 0) is 43.6 Å². The third-order valence-electron chi connectivity index (χ3n) is 5.90. The Kier molecular flexibility index (Phi) is 12.4. The van der Waals surface area contributed by atoms with Gasteiger partial charge in [-0.1, -0.05) is 63.0 Å². The van der Waals surface area contributed by atoms with E-state index < -0.39 is 24.1 Å². The molecule has 0 aliphatic heterocycles. The van der Waals surface area contributed by atoms with Crippen LogP contribution < -0.4 is 0 Å². The Balaban J connectivity index is 2.11. The molecule has 0 amide bonds. The van der Waals surface area contributed by atoms with Crippen LogP contribution in [0.3, 0.4) is 0 Å². The van der Waals surface area contributed by atoms with Crippen molar-refractivity contribution in [2.24, 2.45) is 5.92 Å². The lowest BCUT2D eigenvalue weighted by Gasteiger charge is -2.15. The Hall–Kier alpha value is -2.09. The van der Waals surface area contributed by atoms with Gasteiger partial charge in [0.2, 0.25) is 0 Å². The predicted molar refractivity (Wildman–Crippen MR) is 136 cm³/mol. The van der Waals surface area contributed by atoms with Gasteiger partial charge in [0.25, 0.3) is 0 Å². The van der Waals surface area contributed by atoms with Crippen molar-refractivity contribution in [3.05, 3.63) is 58.2 Å². The average Bonchev–Trinajstić information content (AvgIpc) is 3.08. The second-order valence-corrected chi connectivity index (χ2v) is 9.93. The quantitative estimate of drug-likeness (QED) is 0.166. The van der Waals surface area contributed by atoms with E-state index in [4.69, 9.17) is 9.84 Å². The van der Waals surface area contributed by atoms with Crippen LogP contribution in [0.4, 0.5) is 0 Å². The maximum Gasteiger partial charge on any atom is 0.343 e. The lowest BCUT2D eigenvalue weighted by molar-refractivity contribution is -0.137. The number of aliphatic hydroxyl groups excluding tert-OH is 2. The molecule has 0 radical (unpaired) electrons. The number of carboxylic acids is 1.